The molecular weight excluding hydrogens is 398 g/mol. The number of nitrogens with one attached hydrogen (secondary N) is 1. The molecule has 1 aliphatic heterocycles. The average molecular weight is 428 g/mol. The van der Waals surface area contributed by atoms with E-state index in [0.29, 0.717) is 29.8 Å². The number of thioether (sulfide) groups is 1. The molecule has 0 spiro atoms. The molecule has 3 rings (SSSR count). The predicted molar refractivity (Wildman–Crippen MR) is 122 cm³/mol. The number of likely N-dealkylation sites (N-methyl/N-ethyl adjacent to an activating group) is 1. The Kier molecular flexibility index (Phi) is 7.76. The second-order valence-corrected chi connectivity index (χ2v) is 8.76. The Morgan fingerprint density at radius 1 is 1.17 bits per heavy atom. The van der Waals surface area contributed by atoms with Crippen LogP contribution in [0, 0.1) is 0 Å². The minimum absolute atomic E-state index is 0.0177. The van der Waals surface area contributed by atoms with E-state index in [1.807, 2.05) is 58.8 Å². The molecule has 6 nitrogen and oxygen atoms in total. The molecule has 0 radical (unpaired) electrons. The summed E-state index contributed by atoms with van der Waals surface area (Å²) in [6, 6.07) is 15.3. The Morgan fingerprint density at radius 2 is 1.90 bits per heavy atom. The first-order chi connectivity index (χ1) is 14.5. The number of nitrogens with zero attached hydrogens (tertiary/aromatic N) is 2. The Balaban J connectivity index is 1.65. The molecule has 0 saturated heterocycles. The van der Waals surface area contributed by atoms with Crippen molar-refractivity contribution in [3.05, 3.63) is 48.5 Å². The molecule has 1 N–H and O–H groups in total. The van der Waals surface area contributed by atoms with Gasteiger partial charge in [0.15, 0.2) is 0 Å². The summed E-state index contributed by atoms with van der Waals surface area (Å²) in [5, 5.41) is 3.33. The van der Waals surface area contributed by atoms with E-state index < -0.39 is 0 Å². The topological polar surface area (TPSA) is 61.9 Å². The lowest BCUT2D eigenvalue weighted by Crippen LogP contribution is -2.43. The van der Waals surface area contributed by atoms with Crippen LogP contribution in [0.25, 0.3) is 0 Å². The van der Waals surface area contributed by atoms with Crippen molar-refractivity contribution in [1.82, 2.24) is 4.90 Å². The molecule has 0 aliphatic carbocycles. The van der Waals surface area contributed by atoms with Gasteiger partial charge >= 0.3 is 0 Å². The van der Waals surface area contributed by atoms with E-state index >= 15 is 0 Å². The molecule has 0 aromatic heterocycles. The fourth-order valence-electron chi connectivity index (χ4n) is 3.44. The number of anilines is 2. The maximum atomic E-state index is 13.2. The number of benzene rings is 2. The number of methoxy groups -OCH3 is 1. The van der Waals surface area contributed by atoms with Crippen LogP contribution >= 0.6 is 11.8 Å². The van der Waals surface area contributed by atoms with Gasteiger partial charge in [-0.1, -0.05) is 38.1 Å². The molecule has 2 aromatic rings. The number of hydrogen-bond acceptors (Lipinski definition) is 5. The quantitative estimate of drug-likeness (QED) is 0.727. The van der Waals surface area contributed by atoms with Crippen molar-refractivity contribution in [2.75, 3.05) is 43.5 Å². The third-order valence-corrected chi connectivity index (χ3v) is 6.34. The molecule has 1 atom stereocenters. The number of hydrogen-bond donors (Lipinski definition) is 1. The van der Waals surface area contributed by atoms with Gasteiger partial charge in [0.25, 0.3) is 0 Å². The van der Waals surface area contributed by atoms with Crippen LogP contribution in [-0.2, 0) is 9.59 Å². The molecule has 0 unspecified atom stereocenters. The number of carbonyl (C=O) groups excluding carboxylic acids is 2. The van der Waals surface area contributed by atoms with Crippen LogP contribution in [0.4, 0.5) is 11.4 Å². The maximum absolute atomic E-state index is 13.2. The summed E-state index contributed by atoms with van der Waals surface area (Å²) in [6.07, 6.45) is 0.936. The summed E-state index contributed by atoms with van der Waals surface area (Å²) in [4.78, 5) is 30.6. The van der Waals surface area contributed by atoms with Crippen LogP contribution < -0.4 is 15.0 Å². The summed E-state index contributed by atoms with van der Waals surface area (Å²) in [6.45, 7) is 5.78. The fraction of sp³-hybridized carbons (Fsp3) is 0.391. The second kappa shape index (κ2) is 10.5. The smallest absolute Gasteiger partial charge is 0.241 e. The van der Waals surface area contributed by atoms with Crippen LogP contribution in [0.2, 0.25) is 0 Å². The third kappa shape index (κ3) is 5.55. The molecule has 0 saturated carbocycles. The monoisotopic (exact) mass is 427 g/mol. The minimum atomic E-state index is -0.172. The fourth-order valence-corrected chi connectivity index (χ4v) is 4.56. The second-order valence-electron chi connectivity index (χ2n) is 7.28. The van der Waals surface area contributed by atoms with Gasteiger partial charge in [-0.15, -0.1) is 11.8 Å². The van der Waals surface area contributed by atoms with E-state index in [1.165, 1.54) is 0 Å². The summed E-state index contributed by atoms with van der Waals surface area (Å²) < 4.78 is 5.28. The van der Waals surface area contributed by atoms with Crippen LogP contribution in [-0.4, -0.2) is 55.3 Å². The number of fused-ring (bicyclic) bond motifs is 1. The standard InChI is InChI=1S/C23H29N3O3S/c1-4-25(15-22(27)24-18-9-5-7-11-20(18)29-3)16-23(28)26-14-13-17(2)30-21-12-8-6-10-19(21)26/h5-12,17H,4,13-16H2,1-3H3,(H,24,27)/t17-/m1/s1. The molecule has 2 amide bonds. The highest BCUT2D eigenvalue weighted by atomic mass is 32.2. The maximum Gasteiger partial charge on any atom is 0.241 e. The Morgan fingerprint density at radius 3 is 2.67 bits per heavy atom. The van der Waals surface area contributed by atoms with Crippen LogP contribution in [0.1, 0.15) is 20.3 Å². The van der Waals surface area contributed by atoms with Gasteiger partial charge in [0.05, 0.1) is 31.6 Å². The van der Waals surface area contributed by atoms with E-state index in [2.05, 4.69) is 18.3 Å². The molecule has 7 heteroatoms. The SMILES string of the molecule is CCN(CC(=O)Nc1ccccc1OC)CC(=O)N1CC[C@@H](C)Sc2ccccc21. The van der Waals surface area contributed by atoms with Gasteiger partial charge in [0.1, 0.15) is 5.75 Å². The number of amides is 2. The van der Waals surface area contributed by atoms with E-state index in [9.17, 15) is 9.59 Å². The molecule has 0 bridgehead atoms. The number of carbonyl (C=O) groups is 2. The summed E-state index contributed by atoms with van der Waals surface area (Å²) in [5.41, 5.74) is 1.59. The van der Waals surface area contributed by atoms with E-state index in [1.54, 1.807) is 19.2 Å². The molecule has 30 heavy (non-hydrogen) atoms. The van der Waals surface area contributed by atoms with Crippen molar-refractivity contribution in [3.8, 4) is 5.75 Å². The normalized spacial score (nSPS) is 16.0. The van der Waals surface area contributed by atoms with Crippen LogP contribution in [0.5, 0.6) is 5.75 Å². The Labute approximate surface area is 182 Å². The van der Waals surface area contributed by atoms with Gasteiger partial charge in [0.2, 0.25) is 11.8 Å². The zero-order valence-electron chi connectivity index (χ0n) is 17.8. The van der Waals surface area contributed by atoms with Crippen molar-refractivity contribution in [2.24, 2.45) is 0 Å². The van der Waals surface area contributed by atoms with E-state index in [0.717, 1.165) is 17.0 Å². The van der Waals surface area contributed by atoms with E-state index in [-0.39, 0.29) is 24.9 Å². The molecule has 1 heterocycles. The first kappa shape index (κ1) is 22.2. The molecule has 2 aromatic carbocycles. The summed E-state index contributed by atoms with van der Waals surface area (Å²) in [5.74, 6) is 0.455. The van der Waals surface area contributed by atoms with Crippen LogP contribution in [0.15, 0.2) is 53.4 Å². The zero-order valence-corrected chi connectivity index (χ0v) is 18.6. The van der Waals surface area contributed by atoms with Gasteiger partial charge < -0.3 is 15.0 Å². The summed E-state index contributed by atoms with van der Waals surface area (Å²) >= 11 is 1.81. The first-order valence-corrected chi connectivity index (χ1v) is 11.1. The summed E-state index contributed by atoms with van der Waals surface area (Å²) in [7, 11) is 1.57. The predicted octanol–water partition coefficient (Wildman–Crippen LogP) is 3.87. The van der Waals surface area contributed by atoms with Crippen molar-refractivity contribution in [3.63, 3.8) is 0 Å². The van der Waals surface area contributed by atoms with E-state index in [4.69, 9.17) is 4.74 Å². The van der Waals surface area contributed by atoms with Gasteiger partial charge in [0, 0.05) is 16.7 Å². The number of rotatable bonds is 7. The van der Waals surface area contributed by atoms with Gasteiger partial charge in [-0.3, -0.25) is 14.5 Å². The molecule has 0 fully saturated rings. The Hall–Kier alpha value is -2.51. The highest BCUT2D eigenvalue weighted by molar-refractivity contribution is 8.00. The first-order valence-electron chi connectivity index (χ1n) is 10.2. The number of ether oxygens (including phenoxy) is 1. The largest absolute Gasteiger partial charge is 0.495 e. The van der Waals surface area contributed by atoms with Gasteiger partial charge in [-0.25, -0.2) is 0 Å². The van der Waals surface area contributed by atoms with Crippen molar-refractivity contribution < 1.29 is 14.3 Å². The Bertz CT molecular complexity index is 890. The molecular formula is C23H29N3O3S. The average Bonchev–Trinajstić information content (AvgIpc) is 2.91. The lowest BCUT2D eigenvalue weighted by atomic mass is 10.2. The highest BCUT2D eigenvalue weighted by Crippen LogP contribution is 2.37. The minimum Gasteiger partial charge on any atom is -0.495 e. The highest BCUT2D eigenvalue weighted by Gasteiger charge is 2.25. The van der Waals surface area contributed by atoms with Gasteiger partial charge in [-0.2, -0.15) is 0 Å². The lowest BCUT2D eigenvalue weighted by molar-refractivity contribution is -0.121. The van der Waals surface area contributed by atoms with Crippen LogP contribution in [0.3, 0.4) is 0 Å². The molecule has 160 valence electrons. The van der Waals surface area contributed by atoms with Gasteiger partial charge in [-0.05, 0) is 37.2 Å². The lowest BCUT2D eigenvalue weighted by Gasteiger charge is -2.26. The van der Waals surface area contributed by atoms with Crippen molar-refractivity contribution in [1.29, 1.82) is 0 Å². The molecule has 1 aliphatic rings. The van der Waals surface area contributed by atoms with Crippen molar-refractivity contribution >= 4 is 35.0 Å². The zero-order chi connectivity index (χ0) is 21.5. The van der Waals surface area contributed by atoms with Crippen molar-refractivity contribution in [2.45, 2.75) is 30.4 Å². The number of para-hydroxylation sites is 3. The third-order valence-electron chi connectivity index (χ3n) is 5.10.